The summed E-state index contributed by atoms with van der Waals surface area (Å²) in [7, 11) is 2.01. The van der Waals surface area contributed by atoms with Crippen LogP contribution in [0.25, 0.3) is 0 Å². The van der Waals surface area contributed by atoms with Gasteiger partial charge in [0.1, 0.15) is 0 Å². The molecule has 0 aliphatic rings. The van der Waals surface area contributed by atoms with Gasteiger partial charge < -0.3 is 5.32 Å². The van der Waals surface area contributed by atoms with Crippen molar-refractivity contribution in [2.75, 3.05) is 13.6 Å². The van der Waals surface area contributed by atoms with Gasteiger partial charge in [0.05, 0.1) is 0 Å². The van der Waals surface area contributed by atoms with E-state index in [4.69, 9.17) is 0 Å². The summed E-state index contributed by atoms with van der Waals surface area (Å²) in [6.07, 6.45) is 9.86. The molecule has 126 valence electrons. The minimum atomic E-state index is 0.329. The first-order valence-electron chi connectivity index (χ1n) is 8.46. The van der Waals surface area contributed by atoms with Gasteiger partial charge in [-0.05, 0) is 51.3 Å². The molecule has 0 rings (SSSR count). The summed E-state index contributed by atoms with van der Waals surface area (Å²) >= 11 is 0. The van der Waals surface area contributed by atoms with Crippen molar-refractivity contribution >= 4 is 0 Å². The first kappa shape index (κ1) is 25.2. The molecular formula is C20H41N. The van der Waals surface area contributed by atoms with Crippen molar-refractivity contribution in [2.24, 2.45) is 5.41 Å². The quantitative estimate of drug-likeness (QED) is 0.526. The van der Waals surface area contributed by atoms with Crippen molar-refractivity contribution in [3.63, 3.8) is 0 Å². The Morgan fingerprint density at radius 3 is 2.00 bits per heavy atom. The van der Waals surface area contributed by atoms with Gasteiger partial charge in [-0.25, -0.2) is 0 Å². The van der Waals surface area contributed by atoms with Crippen LogP contribution in [0.1, 0.15) is 74.7 Å². The van der Waals surface area contributed by atoms with Gasteiger partial charge in [0, 0.05) is 0 Å². The zero-order valence-corrected chi connectivity index (χ0v) is 16.3. The normalized spacial score (nSPS) is 11.4. The van der Waals surface area contributed by atoms with Gasteiger partial charge >= 0.3 is 0 Å². The molecule has 0 unspecified atom stereocenters. The van der Waals surface area contributed by atoms with Crippen molar-refractivity contribution in [3.05, 3.63) is 36.0 Å². The van der Waals surface area contributed by atoms with Crippen molar-refractivity contribution in [1.29, 1.82) is 0 Å². The minimum Gasteiger partial charge on any atom is -0.320 e. The predicted molar refractivity (Wildman–Crippen MR) is 102 cm³/mol. The van der Waals surface area contributed by atoms with E-state index in [1.165, 1.54) is 24.0 Å². The maximum absolute atomic E-state index is 4.06. The molecule has 0 aliphatic heterocycles. The van der Waals surface area contributed by atoms with Crippen molar-refractivity contribution in [2.45, 2.75) is 74.7 Å². The van der Waals surface area contributed by atoms with E-state index < -0.39 is 0 Å². The molecule has 0 saturated heterocycles. The fourth-order valence-electron chi connectivity index (χ4n) is 1.63. The average Bonchev–Trinajstić information content (AvgIpc) is 2.44. The summed E-state index contributed by atoms with van der Waals surface area (Å²) in [6, 6.07) is 0. The molecule has 0 aromatic heterocycles. The summed E-state index contributed by atoms with van der Waals surface area (Å²) in [5, 5.41) is 3.21. The van der Waals surface area contributed by atoms with Gasteiger partial charge in [-0.2, -0.15) is 0 Å². The van der Waals surface area contributed by atoms with Crippen molar-refractivity contribution in [1.82, 2.24) is 5.32 Å². The molecule has 0 atom stereocenters. The molecule has 0 aliphatic carbocycles. The van der Waals surface area contributed by atoms with E-state index in [0.717, 1.165) is 13.0 Å². The summed E-state index contributed by atoms with van der Waals surface area (Å²) < 4.78 is 0. The maximum Gasteiger partial charge on any atom is -0.00467 e. The zero-order valence-electron chi connectivity index (χ0n) is 16.3. The number of allylic oxidation sites excluding steroid dienone is 5. The predicted octanol–water partition coefficient (Wildman–Crippen LogP) is 6.53. The van der Waals surface area contributed by atoms with E-state index in [0.29, 0.717) is 5.41 Å². The zero-order chi connectivity index (χ0) is 17.3. The van der Waals surface area contributed by atoms with Crippen molar-refractivity contribution < 1.29 is 0 Å². The second-order valence-corrected chi connectivity index (χ2v) is 5.90. The first-order valence-corrected chi connectivity index (χ1v) is 8.46. The lowest BCUT2D eigenvalue weighted by Gasteiger charge is -2.26. The molecule has 1 N–H and O–H groups in total. The van der Waals surface area contributed by atoms with Crippen LogP contribution in [0.2, 0.25) is 0 Å². The Hall–Kier alpha value is -0.820. The second kappa shape index (κ2) is 17.2. The number of hydrogen-bond acceptors (Lipinski definition) is 1. The van der Waals surface area contributed by atoms with Crippen LogP contribution in [-0.2, 0) is 0 Å². The lowest BCUT2D eigenvalue weighted by atomic mass is 9.81. The smallest absolute Gasteiger partial charge is 0.00467 e. The highest BCUT2D eigenvalue weighted by atomic mass is 14.8. The fraction of sp³-hybridized carbons (Fsp3) is 0.700. The van der Waals surface area contributed by atoms with E-state index in [-0.39, 0.29) is 0 Å². The van der Waals surface area contributed by atoms with Gasteiger partial charge in [0.2, 0.25) is 0 Å². The Morgan fingerprint density at radius 1 is 1.19 bits per heavy atom. The Kier molecular flexibility index (Phi) is 20.6. The molecule has 0 radical (unpaired) electrons. The lowest BCUT2D eigenvalue weighted by molar-refractivity contribution is 0.330. The Labute approximate surface area is 135 Å². The van der Waals surface area contributed by atoms with E-state index in [2.05, 4.69) is 64.7 Å². The van der Waals surface area contributed by atoms with Crippen molar-refractivity contribution in [3.8, 4) is 0 Å². The molecule has 0 heterocycles. The molecule has 1 heteroatoms. The van der Waals surface area contributed by atoms with E-state index in [1.807, 2.05) is 27.8 Å². The van der Waals surface area contributed by atoms with Gasteiger partial charge in [0.25, 0.3) is 0 Å². The Bertz CT molecular complexity index is 282. The van der Waals surface area contributed by atoms with Crippen LogP contribution in [0.5, 0.6) is 0 Å². The van der Waals surface area contributed by atoms with Crippen LogP contribution in [0, 0.1) is 5.41 Å². The monoisotopic (exact) mass is 295 g/mol. The highest BCUT2D eigenvalue weighted by molar-refractivity contribution is 5.30. The SMILES string of the molecule is C=C(C)/C(=C\C=C/C)CC(C)(C)CCNC.CC.CCC. The van der Waals surface area contributed by atoms with E-state index in [9.17, 15) is 0 Å². The molecule has 0 aromatic carbocycles. The molecule has 0 amide bonds. The van der Waals surface area contributed by atoms with Crippen LogP contribution in [0.3, 0.4) is 0 Å². The van der Waals surface area contributed by atoms with Gasteiger partial charge in [-0.15, -0.1) is 0 Å². The number of nitrogens with one attached hydrogen (secondary N) is 1. The topological polar surface area (TPSA) is 12.0 Å². The number of hydrogen-bond donors (Lipinski definition) is 1. The molecule has 1 nitrogen and oxygen atoms in total. The van der Waals surface area contributed by atoms with Crippen LogP contribution < -0.4 is 5.32 Å². The molecule has 0 saturated carbocycles. The van der Waals surface area contributed by atoms with E-state index in [1.54, 1.807) is 0 Å². The fourth-order valence-corrected chi connectivity index (χ4v) is 1.63. The summed E-state index contributed by atoms with van der Waals surface area (Å²) in [4.78, 5) is 0. The molecule has 21 heavy (non-hydrogen) atoms. The highest BCUT2D eigenvalue weighted by Gasteiger charge is 2.19. The summed E-state index contributed by atoms with van der Waals surface area (Å²) in [5.41, 5.74) is 2.87. The van der Waals surface area contributed by atoms with Gasteiger partial charge in [0.15, 0.2) is 0 Å². The number of rotatable bonds is 7. The third kappa shape index (κ3) is 19.2. The largest absolute Gasteiger partial charge is 0.320 e. The molecular weight excluding hydrogens is 254 g/mol. The van der Waals surface area contributed by atoms with E-state index >= 15 is 0 Å². The van der Waals surface area contributed by atoms with Gasteiger partial charge in [-0.1, -0.05) is 78.3 Å². The lowest BCUT2D eigenvalue weighted by Crippen LogP contribution is -2.20. The van der Waals surface area contributed by atoms with Crippen LogP contribution in [0.4, 0.5) is 0 Å². The molecule has 0 fully saturated rings. The third-order valence-electron chi connectivity index (χ3n) is 2.76. The maximum atomic E-state index is 4.06. The standard InChI is InChI=1S/C15H27N.C3H8.C2H6/c1-7-8-9-14(13(2)3)12-15(4,5)10-11-16-6;1-3-2;1-2/h7-9,16H,2,10-12H2,1,3-6H3;3H2,1-2H3;1-2H3/b8-7-,14-9-;;. The van der Waals surface area contributed by atoms with Crippen LogP contribution in [0.15, 0.2) is 36.0 Å². The molecule has 0 spiro atoms. The first-order chi connectivity index (χ1) is 9.84. The minimum absolute atomic E-state index is 0.329. The summed E-state index contributed by atoms with van der Waals surface area (Å²) in [5.74, 6) is 0. The Balaban J connectivity index is -0.000000569. The third-order valence-corrected chi connectivity index (χ3v) is 2.76. The van der Waals surface area contributed by atoms with Gasteiger partial charge in [-0.3, -0.25) is 0 Å². The average molecular weight is 296 g/mol. The highest BCUT2D eigenvalue weighted by Crippen LogP contribution is 2.31. The second-order valence-electron chi connectivity index (χ2n) is 5.90. The van der Waals surface area contributed by atoms with Crippen LogP contribution in [-0.4, -0.2) is 13.6 Å². The molecule has 0 bridgehead atoms. The Morgan fingerprint density at radius 2 is 1.67 bits per heavy atom. The van der Waals surface area contributed by atoms with Crippen LogP contribution >= 0.6 is 0 Å². The molecule has 0 aromatic rings. The summed E-state index contributed by atoms with van der Waals surface area (Å²) in [6.45, 7) is 22.1.